The van der Waals surface area contributed by atoms with Crippen molar-refractivity contribution in [3.05, 3.63) is 82.6 Å². The third-order valence-electron chi connectivity index (χ3n) is 7.12. The van der Waals surface area contributed by atoms with Gasteiger partial charge >= 0.3 is 5.69 Å². The van der Waals surface area contributed by atoms with E-state index in [1.807, 2.05) is 25.0 Å². The van der Waals surface area contributed by atoms with Crippen LogP contribution in [-0.2, 0) is 10.5 Å². The summed E-state index contributed by atoms with van der Waals surface area (Å²) in [6.45, 7) is 8.25. The van der Waals surface area contributed by atoms with Gasteiger partial charge in [0.15, 0.2) is 11.5 Å². The van der Waals surface area contributed by atoms with Gasteiger partial charge in [-0.25, -0.2) is 23.1 Å². The molecule has 1 saturated heterocycles. The zero-order chi connectivity index (χ0) is 29.4. The lowest BCUT2D eigenvalue weighted by Gasteiger charge is -2.40. The lowest BCUT2D eigenvalue weighted by Crippen LogP contribution is -2.54. The number of amides is 1. The van der Waals surface area contributed by atoms with Crippen molar-refractivity contribution in [2.45, 2.75) is 25.6 Å². The molecule has 0 radical (unpaired) electrons. The van der Waals surface area contributed by atoms with Gasteiger partial charge in [0.1, 0.15) is 23.1 Å². The number of aryl methyl sites for hydroxylation is 1. The number of pyridine rings is 2. The molecule has 3 aromatic heterocycles. The molecule has 4 heterocycles. The van der Waals surface area contributed by atoms with Gasteiger partial charge in [-0.05, 0) is 56.0 Å². The summed E-state index contributed by atoms with van der Waals surface area (Å²) in [4.78, 5) is 42.9. The van der Waals surface area contributed by atoms with Crippen LogP contribution in [0.4, 0.5) is 14.6 Å². The van der Waals surface area contributed by atoms with Crippen molar-refractivity contribution < 1.29 is 18.7 Å². The number of carbonyl (C=O) groups is 1. The number of piperazine rings is 1. The van der Waals surface area contributed by atoms with Crippen LogP contribution in [0.3, 0.4) is 0 Å². The average Bonchev–Trinajstić information content (AvgIpc) is 2.94. The normalized spacial score (nSPS) is 15.4. The zero-order valence-corrected chi connectivity index (χ0v) is 23.6. The molecule has 4 aromatic rings. The van der Waals surface area contributed by atoms with Crippen molar-refractivity contribution >= 4 is 34.5 Å². The molecule has 1 aromatic carbocycles. The van der Waals surface area contributed by atoms with Gasteiger partial charge in [-0.15, -0.1) is 0 Å². The molecule has 0 unspecified atom stereocenters. The molecule has 1 amide bonds. The Bertz CT molecular complexity index is 1720. The molecule has 12 heteroatoms. The van der Waals surface area contributed by atoms with E-state index in [0.717, 1.165) is 12.1 Å². The highest BCUT2D eigenvalue weighted by atomic mass is 32.2. The lowest BCUT2D eigenvalue weighted by atomic mass is 10.1. The van der Waals surface area contributed by atoms with E-state index < -0.39 is 34.3 Å². The molecule has 0 bridgehead atoms. The summed E-state index contributed by atoms with van der Waals surface area (Å²) < 4.78 is 31.9. The van der Waals surface area contributed by atoms with E-state index in [4.69, 9.17) is 0 Å². The molecule has 212 valence electrons. The molecule has 0 spiro atoms. The molecule has 1 atom stereocenters. The second-order valence-electron chi connectivity index (χ2n) is 9.76. The summed E-state index contributed by atoms with van der Waals surface area (Å²) in [5.74, 6) is -1.78. The number of hydrogen-bond acceptors (Lipinski definition) is 8. The molecule has 1 fully saturated rings. The number of aromatic hydroxyl groups is 1. The predicted octanol–water partition coefficient (Wildman–Crippen LogP) is 4.22. The number of anilines is 1. The first kappa shape index (κ1) is 28.2. The van der Waals surface area contributed by atoms with Crippen LogP contribution in [-0.4, -0.2) is 67.4 Å². The third kappa shape index (κ3) is 5.03. The van der Waals surface area contributed by atoms with E-state index in [0.29, 0.717) is 42.3 Å². The first-order valence-electron chi connectivity index (χ1n) is 12.9. The van der Waals surface area contributed by atoms with Crippen molar-refractivity contribution in [2.24, 2.45) is 0 Å². The second kappa shape index (κ2) is 11.3. The summed E-state index contributed by atoms with van der Waals surface area (Å²) >= 11 is 1.51. The molecule has 0 aliphatic carbocycles. The number of thioether (sulfide) groups is 1. The SMILES string of the molecule is C=CC(=O)N1CCN(c2nc(=O)n(-c3c(C)ccnc3CSC)c3nc(-c4c(O)cccc4F)c(F)cc23)[C@@H](C)C1. The second-order valence-corrected chi connectivity index (χ2v) is 10.6. The Hall–Kier alpha value is -4.32. The first-order valence-corrected chi connectivity index (χ1v) is 14.3. The minimum absolute atomic E-state index is 0.0364. The Kier molecular flexibility index (Phi) is 7.76. The number of phenols is 1. The van der Waals surface area contributed by atoms with Crippen LogP contribution in [0.5, 0.6) is 5.75 Å². The fraction of sp³-hybridized carbons (Fsp3) is 0.276. The molecule has 1 N–H and O–H groups in total. The van der Waals surface area contributed by atoms with Crippen LogP contribution >= 0.6 is 11.8 Å². The van der Waals surface area contributed by atoms with Crippen molar-refractivity contribution in [1.29, 1.82) is 0 Å². The van der Waals surface area contributed by atoms with Crippen molar-refractivity contribution in [2.75, 3.05) is 30.8 Å². The number of rotatable bonds is 6. The quantitative estimate of drug-likeness (QED) is 0.339. The van der Waals surface area contributed by atoms with E-state index in [-0.39, 0.29) is 28.8 Å². The van der Waals surface area contributed by atoms with Crippen LogP contribution in [0.15, 0.2) is 54.0 Å². The van der Waals surface area contributed by atoms with Crippen LogP contribution in [0.1, 0.15) is 18.2 Å². The number of phenolic OH excluding ortho intramolecular Hbond substituents is 1. The van der Waals surface area contributed by atoms with Gasteiger partial charge in [-0.2, -0.15) is 16.7 Å². The number of nitrogens with zero attached hydrogens (tertiary/aromatic N) is 6. The maximum absolute atomic E-state index is 15.8. The number of benzene rings is 1. The topological polar surface area (TPSA) is 104 Å². The summed E-state index contributed by atoms with van der Waals surface area (Å²) in [5, 5.41) is 10.7. The average molecular weight is 579 g/mol. The molecule has 5 rings (SSSR count). The monoisotopic (exact) mass is 578 g/mol. The number of hydrogen-bond donors (Lipinski definition) is 1. The lowest BCUT2D eigenvalue weighted by molar-refractivity contribution is -0.126. The van der Waals surface area contributed by atoms with Gasteiger partial charge in [0.05, 0.1) is 22.3 Å². The number of aromatic nitrogens is 4. The number of fused-ring (bicyclic) bond motifs is 1. The van der Waals surface area contributed by atoms with Crippen molar-refractivity contribution in [1.82, 2.24) is 24.4 Å². The Balaban J connectivity index is 1.82. The van der Waals surface area contributed by atoms with Crippen molar-refractivity contribution in [3.8, 4) is 22.7 Å². The Labute approximate surface area is 239 Å². The molecule has 0 saturated carbocycles. The van der Waals surface area contributed by atoms with Gasteiger partial charge < -0.3 is 14.9 Å². The number of carbonyl (C=O) groups excluding carboxylic acids is 1. The Morgan fingerprint density at radius 3 is 2.68 bits per heavy atom. The maximum Gasteiger partial charge on any atom is 0.355 e. The molecular weight excluding hydrogens is 550 g/mol. The minimum atomic E-state index is -0.897. The largest absolute Gasteiger partial charge is 0.507 e. The van der Waals surface area contributed by atoms with Gasteiger partial charge in [-0.1, -0.05) is 12.6 Å². The third-order valence-corrected chi connectivity index (χ3v) is 7.68. The van der Waals surface area contributed by atoms with Crippen LogP contribution in [0, 0.1) is 18.6 Å². The van der Waals surface area contributed by atoms with E-state index in [9.17, 15) is 19.1 Å². The zero-order valence-electron chi connectivity index (χ0n) is 22.8. The molecule has 9 nitrogen and oxygen atoms in total. The highest BCUT2D eigenvalue weighted by Gasteiger charge is 2.31. The fourth-order valence-corrected chi connectivity index (χ4v) is 5.69. The Morgan fingerprint density at radius 1 is 1.22 bits per heavy atom. The van der Waals surface area contributed by atoms with E-state index >= 15 is 4.39 Å². The van der Waals surface area contributed by atoms with Crippen molar-refractivity contribution in [3.63, 3.8) is 0 Å². The maximum atomic E-state index is 15.8. The number of halogens is 2. The highest BCUT2D eigenvalue weighted by molar-refractivity contribution is 7.97. The highest BCUT2D eigenvalue weighted by Crippen LogP contribution is 2.36. The van der Waals surface area contributed by atoms with E-state index in [1.54, 1.807) is 17.2 Å². The molecule has 1 aliphatic heterocycles. The van der Waals surface area contributed by atoms with Crippen LogP contribution in [0.25, 0.3) is 28.0 Å². The van der Waals surface area contributed by atoms with Gasteiger partial charge in [0.25, 0.3) is 0 Å². The molecular formula is C29H28F2N6O3S. The summed E-state index contributed by atoms with van der Waals surface area (Å²) in [6, 6.07) is 6.27. The van der Waals surface area contributed by atoms with Gasteiger partial charge in [0.2, 0.25) is 5.91 Å². The molecule has 41 heavy (non-hydrogen) atoms. The first-order chi connectivity index (χ1) is 19.7. The molecule has 1 aliphatic rings. The van der Waals surface area contributed by atoms with Gasteiger partial charge in [0, 0.05) is 37.6 Å². The smallest absolute Gasteiger partial charge is 0.355 e. The minimum Gasteiger partial charge on any atom is -0.507 e. The summed E-state index contributed by atoms with van der Waals surface area (Å²) in [6.07, 6.45) is 4.79. The standard InChI is InChI=1S/C29H28F2N6O3S/c1-5-23(39)35-11-12-36(17(3)14-35)27-18-13-20(31)25(24-19(30)7-6-8-22(24)38)33-28(18)37(29(40)34-27)26-16(2)9-10-32-21(26)15-41-4/h5-10,13,17,38H,1,11-12,14-15H2,2-4H3/t17-/m0/s1. The van der Waals surface area contributed by atoms with Gasteiger partial charge in [-0.3, -0.25) is 9.78 Å². The predicted molar refractivity (Wildman–Crippen MR) is 155 cm³/mol. The van der Waals surface area contributed by atoms with E-state index in [2.05, 4.69) is 21.5 Å². The Morgan fingerprint density at radius 2 is 2.00 bits per heavy atom. The van der Waals surface area contributed by atoms with Crippen LogP contribution in [0.2, 0.25) is 0 Å². The summed E-state index contributed by atoms with van der Waals surface area (Å²) in [5.41, 5.74) is 0.269. The fourth-order valence-electron chi connectivity index (χ4n) is 5.20. The van der Waals surface area contributed by atoms with E-state index in [1.165, 1.54) is 34.5 Å². The van der Waals surface area contributed by atoms with Crippen LogP contribution < -0.4 is 10.6 Å². The summed E-state index contributed by atoms with van der Waals surface area (Å²) in [7, 11) is 0.